The number of benzene rings is 1. The molecule has 2 atom stereocenters. The molecule has 20 heavy (non-hydrogen) atoms. The Kier molecular flexibility index (Phi) is 4.22. The molecule has 0 bridgehead atoms. The maximum atomic E-state index is 12.5. The maximum absolute atomic E-state index is 12.5. The first-order valence-electron chi connectivity index (χ1n) is 6.46. The van der Waals surface area contributed by atoms with E-state index >= 15 is 0 Å². The summed E-state index contributed by atoms with van der Waals surface area (Å²) in [5.41, 5.74) is 6.82. The summed E-state index contributed by atoms with van der Waals surface area (Å²) >= 11 is 6.01. The van der Waals surface area contributed by atoms with Crippen molar-refractivity contribution in [3.05, 3.63) is 23.2 Å². The van der Waals surface area contributed by atoms with Crippen molar-refractivity contribution in [1.29, 1.82) is 0 Å². The van der Waals surface area contributed by atoms with Gasteiger partial charge in [-0.3, -0.25) is 4.79 Å². The molecule has 6 heteroatoms. The fraction of sp³-hybridized carbons (Fsp3) is 0.500. The van der Waals surface area contributed by atoms with Crippen molar-refractivity contribution < 1.29 is 9.53 Å². The third-order valence-corrected chi connectivity index (χ3v) is 3.96. The molecular formula is C14H20ClN3O2. The predicted octanol–water partition coefficient (Wildman–Crippen LogP) is 1.71. The normalized spacial score (nSPS) is 25.6. The molecule has 2 rings (SSSR count). The molecule has 3 N–H and O–H groups in total. The van der Waals surface area contributed by atoms with Crippen LogP contribution in [0.1, 0.15) is 6.92 Å². The summed E-state index contributed by atoms with van der Waals surface area (Å²) in [5.74, 6) is -0.145. The number of nitrogens with two attached hydrogens (primary N) is 1. The van der Waals surface area contributed by atoms with Crippen LogP contribution in [0, 0.1) is 5.41 Å². The number of anilines is 2. The summed E-state index contributed by atoms with van der Waals surface area (Å²) in [6.45, 7) is 2.55. The van der Waals surface area contributed by atoms with Gasteiger partial charge in [0, 0.05) is 25.2 Å². The highest BCUT2D eigenvalue weighted by Gasteiger charge is 2.44. The second-order valence-corrected chi connectivity index (χ2v) is 5.99. The van der Waals surface area contributed by atoms with Crippen LogP contribution in [-0.2, 0) is 9.53 Å². The van der Waals surface area contributed by atoms with Gasteiger partial charge >= 0.3 is 0 Å². The average molecular weight is 298 g/mol. The van der Waals surface area contributed by atoms with Crippen LogP contribution in [0.5, 0.6) is 0 Å². The Morgan fingerprint density at radius 3 is 2.80 bits per heavy atom. The minimum atomic E-state index is -0.716. The second-order valence-electron chi connectivity index (χ2n) is 5.55. The average Bonchev–Trinajstić information content (AvgIpc) is 2.70. The number of nitrogens with one attached hydrogen (secondary N) is 1. The number of ether oxygens (including phenoxy) is 1. The zero-order valence-electron chi connectivity index (χ0n) is 11.9. The summed E-state index contributed by atoms with van der Waals surface area (Å²) in [5, 5.41) is 3.49. The van der Waals surface area contributed by atoms with E-state index in [9.17, 15) is 4.79 Å². The molecule has 0 radical (unpaired) electrons. The molecule has 1 aliphatic heterocycles. The number of carbonyl (C=O) groups is 1. The quantitative estimate of drug-likeness (QED) is 0.891. The summed E-state index contributed by atoms with van der Waals surface area (Å²) in [4.78, 5) is 14.4. The topological polar surface area (TPSA) is 67.6 Å². The lowest BCUT2D eigenvalue weighted by atomic mass is 9.85. The molecule has 1 saturated heterocycles. The van der Waals surface area contributed by atoms with Gasteiger partial charge in [0.05, 0.1) is 30.0 Å². The third kappa shape index (κ3) is 2.75. The van der Waals surface area contributed by atoms with Gasteiger partial charge < -0.3 is 20.7 Å². The molecule has 1 heterocycles. The summed E-state index contributed by atoms with van der Waals surface area (Å²) in [6, 6.07) is 5.09. The van der Waals surface area contributed by atoms with Crippen molar-refractivity contribution in [1.82, 2.24) is 0 Å². The van der Waals surface area contributed by atoms with Crippen LogP contribution in [-0.4, -0.2) is 39.3 Å². The summed E-state index contributed by atoms with van der Waals surface area (Å²) in [6.07, 6.45) is 0. The van der Waals surface area contributed by atoms with E-state index in [2.05, 4.69) is 5.32 Å². The van der Waals surface area contributed by atoms with Crippen LogP contribution in [0.4, 0.5) is 11.4 Å². The third-order valence-electron chi connectivity index (χ3n) is 3.73. The molecule has 0 saturated carbocycles. The number of hydrogen-bond donors (Lipinski definition) is 2. The van der Waals surface area contributed by atoms with E-state index in [1.807, 2.05) is 32.0 Å². The maximum Gasteiger partial charge on any atom is 0.234 e. The Labute approximate surface area is 124 Å². The Morgan fingerprint density at radius 2 is 2.25 bits per heavy atom. The molecule has 5 nitrogen and oxygen atoms in total. The molecular weight excluding hydrogens is 278 g/mol. The van der Waals surface area contributed by atoms with Crippen LogP contribution in [0.3, 0.4) is 0 Å². The lowest BCUT2D eigenvalue weighted by Crippen LogP contribution is -2.47. The van der Waals surface area contributed by atoms with Crippen molar-refractivity contribution >= 4 is 28.9 Å². The molecule has 1 aromatic carbocycles. The molecule has 1 amide bonds. The zero-order chi connectivity index (χ0) is 14.9. The highest BCUT2D eigenvalue weighted by Crippen LogP contribution is 2.32. The van der Waals surface area contributed by atoms with Gasteiger partial charge in [-0.05, 0) is 25.1 Å². The largest absolute Gasteiger partial charge is 0.379 e. The molecule has 1 aromatic rings. The summed E-state index contributed by atoms with van der Waals surface area (Å²) < 4.78 is 5.31. The molecule has 0 aliphatic carbocycles. The van der Waals surface area contributed by atoms with Gasteiger partial charge in [0.1, 0.15) is 0 Å². The standard InChI is InChI=1S/C14H20ClN3O2/c1-14(8-20-7-12(14)16)13(19)17-10-6-9(15)4-5-11(10)18(2)3/h4-6,12H,7-8,16H2,1-3H3,(H,17,19). The van der Waals surface area contributed by atoms with E-state index in [1.54, 1.807) is 12.1 Å². The van der Waals surface area contributed by atoms with Gasteiger partial charge in [0.2, 0.25) is 5.91 Å². The van der Waals surface area contributed by atoms with E-state index in [0.29, 0.717) is 23.9 Å². The zero-order valence-corrected chi connectivity index (χ0v) is 12.7. The molecule has 0 spiro atoms. The highest BCUT2D eigenvalue weighted by atomic mass is 35.5. The van der Waals surface area contributed by atoms with Gasteiger partial charge in [0.25, 0.3) is 0 Å². The minimum absolute atomic E-state index is 0.145. The fourth-order valence-corrected chi connectivity index (χ4v) is 2.36. The lowest BCUT2D eigenvalue weighted by Gasteiger charge is -2.27. The molecule has 0 aromatic heterocycles. The Bertz CT molecular complexity index is 521. The Hall–Kier alpha value is -1.30. The number of halogens is 1. The van der Waals surface area contributed by atoms with Gasteiger partial charge in [-0.15, -0.1) is 0 Å². The number of rotatable bonds is 3. The van der Waals surface area contributed by atoms with Crippen LogP contribution in [0.2, 0.25) is 5.02 Å². The van der Waals surface area contributed by atoms with Crippen molar-refractivity contribution in [3.8, 4) is 0 Å². The smallest absolute Gasteiger partial charge is 0.234 e. The SMILES string of the molecule is CN(C)c1ccc(Cl)cc1NC(=O)C1(C)COCC1N. The van der Waals surface area contributed by atoms with E-state index in [4.69, 9.17) is 22.1 Å². The van der Waals surface area contributed by atoms with Gasteiger partial charge in [-0.1, -0.05) is 11.6 Å². The number of hydrogen-bond acceptors (Lipinski definition) is 4. The number of amides is 1. The van der Waals surface area contributed by atoms with Crippen LogP contribution in [0.25, 0.3) is 0 Å². The van der Waals surface area contributed by atoms with E-state index in [0.717, 1.165) is 5.69 Å². The molecule has 2 unspecified atom stereocenters. The highest BCUT2D eigenvalue weighted by molar-refractivity contribution is 6.31. The van der Waals surface area contributed by atoms with Crippen LogP contribution < -0.4 is 16.0 Å². The Morgan fingerprint density at radius 1 is 1.55 bits per heavy atom. The summed E-state index contributed by atoms with van der Waals surface area (Å²) in [7, 11) is 3.82. The monoisotopic (exact) mass is 297 g/mol. The van der Waals surface area contributed by atoms with Gasteiger partial charge in [-0.2, -0.15) is 0 Å². The fourth-order valence-electron chi connectivity index (χ4n) is 2.19. The second kappa shape index (κ2) is 5.60. The van der Waals surface area contributed by atoms with Crippen molar-refractivity contribution in [3.63, 3.8) is 0 Å². The van der Waals surface area contributed by atoms with Crippen molar-refractivity contribution in [2.45, 2.75) is 13.0 Å². The first-order chi connectivity index (χ1) is 9.34. The Balaban J connectivity index is 2.26. The minimum Gasteiger partial charge on any atom is -0.379 e. The number of nitrogens with zero attached hydrogens (tertiary/aromatic N) is 1. The van der Waals surface area contributed by atoms with Gasteiger partial charge in [0.15, 0.2) is 0 Å². The lowest BCUT2D eigenvalue weighted by molar-refractivity contribution is -0.125. The van der Waals surface area contributed by atoms with Crippen LogP contribution in [0.15, 0.2) is 18.2 Å². The van der Waals surface area contributed by atoms with Crippen molar-refractivity contribution in [2.75, 3.05) is 37.5 Å². The van der Waals surface area contributed by atoms with Crippen molar-refractivity contribution in [2.24, 2.45) is 11.1 Å². The van der Waals surface area contributed by atoms with E-state index in [1.165, 1.54) is 0 Å². The molecule has 1 aliphatic rings. The molecule has 110 valence electrons. The van der Waals surface area contributed by atoms with E-state index < -0.39 is 5.41 Å². The van der Waals surface area contributed by atoms with Crippen LogP contribution >= 0.6 is 11.6 Å². The van der Waals surface area contributed by atoms with E-state index in [-0.39, 0.29) is 11.9 Å². The number of carbonyl (C=O) groups excluding carboxylic acids is 1. The first-order valence-corrected chi connectivity index (χ1v) is 6.84. The predicted molar refractivity (Wildman–Crippen MR) is 81.3 cm³/mol. The van der Waals surface area contributed by atoms with Gasteiger partial charge in [-0.25, -0.2) is 0 Å². The molecule has 1 fully saturated rings. The first kappa shape index (κ1) is 15.1.